The fraction of sp³-hybridized carbons (Fsp3) is 0.143. The van der Waals surface area contributed by atoms with Crippen molar-refractivity contribution in [3.63, 3.8) is 0 Å². The quantitative estimate of drug-likeness (QED) is 0.864. The molecule has 20 heavy (non-hydrogen) atoms. The average Bonchev–Trinajstić information content (AvgIpc) is 2.76. The van der Waals surface area contributed by atoms with E-state index in [0.717, 1.165) is 16.8 Å². The lowest BCUT2D eigenvalue weighted by Gasteiger charge is -2.06. The third kappa shape index (κ3) is 2.11. The number of hydrogen-bond acceptors (Lipinski definition) is 4. The Morgan fingerprint density at radius 3 is 2.85 bits per heavy atom. The highest BCUT2D eigenvalue weighted by Gasteiger charge is 2.18. The number of aromatic carboxylic acids is 1. The van der Waals surface area contributed by atoms with Crippen LogP contribution in [0.25, 0.3) is 11.3 Å². The van der Waals surface area contributed by atoms with Gasteiger partial charge in [-0.3, -0.25) is 4.79 Å². The monoisotopic (exact) mass is 269 g/mol. The van der Waals surface area contributed by atoms with Crippen LogP contribution in [0.4, 0.5) is 5.69 Å². The van der Waals surface area contributed by atoms with Crippen LogP contribution in [0.5, 0.6) is 0 Å². The lowest BCUT2D eigenvalue weighted by atomic mass is 10.1. The molecule has 0 spiro atoms. The number of carboxylic acids is 1. The second kappa shape index (κ2) is 4.41. The van der Waals surface area contributed by atoms with Crippen molar-refractivity contribution in [1.29, 1.82) is 0 Å². The van der Waals surface area contributed by atoms with Gasteiger partial charge in [-0.2, -0.15) is 0 Å². The Balaban J connectivity index is 2.08. The third-order valence-corrected chi connectivity index (χ3v) is 3.08. The molecule has 0 saturated heterocycles. The van der Waals surface area contributed by atoms with Crippen molar-refractivity contribution in [2.24, 2.45) is 0 Å². The van der Waals surface area contributed by atoms with Crippen molar-refractivity contribution in [2.75, 3.05) is 5.32 Å². The Hall–Kier alpha value is -2.76. The summed E-state index contributed by atoms with van der Waals surface area (Å²) in [6.45, 7) is 1.65. The van der Waals surface area contributed by atoms with Crippen molar-refractivity contribution in [2.45, 2.75) is 13.3 Å². The maximum atomic E-state index is 11.3. The molecule has 0 bridgehead atoms. The normalized spacial score (nSPS) is 12.9. The number of aromatic nitrogens is 2. The summed E-state index contributed by atoms with van der Waals surface area (Å²) < 4.78 is 0. The van der Waals surface area contributed by atoms with E-state index in [1.54, 1.807) is 19.1 Å². The minimum atomic E-state index is -1.09. The summed E-state index contributed by atoms with van der Waals surface area (Å²) in [6, 6.07) is 6.88. The molecule has 0 unspecified atom stereocenters. The molecule has 100 valence electrons. The molecule has 2 N–H and O–H groups in total. The van der Waals surface area contributed by atoms with Crippen molar-refractivity contribution < 1.29 is 14.7 Å². The lowest BCUT2D eigenvalue weighted by Crippen LogP contribution is -2.04. The van der Waals surface area contributed by atoms with E-state index >= 15 is 0 Å². The first-order chi connectivity index (χ1) is 9.52. The van der Waals surface area contributed by atoms with Gasteiger partial charge >= 0.3 is 5.97 Å². The number of nitrogens with one attached hydrogen (secondary N) is 1. The second-order valence-corrected chi connectivity index (χ2v) is 4.59. The maximum absolute atomic E-state index is 11.3. The largest absolute Gasteiger partial charge is 0.477 e. The molecule has 0 saturated carbocycles. The van der Waals surface area contributed by atoms with Crippen molar-refractivity contribution in [1.82, 2.24) is 9.97 Å². The van der Waals surface area contributed by atoms with Gasteiger partial charge in [-0.05, 0) is 30.7 Å². The molecular weight excluding hydrogens is 258 g/mol. The van der Waals surface area contributed by atoms with Gasteiger partial charge in [0.25, 0.3) is 0 Å². The molecule has 1 aromatic carbocycles. The molecule has 0 fully saturated rings. The molecule has 2 heterocycles. The predicted molar refractivity (Wildman–Crippen MR) is 71.5 cm³/mol. The maximum Gasteiger partial charge on any atom is 0.354 e. The van der Waals surface area contributed by atoms with Gasteiger partial charge in [0, 0.05) is 11.3 Å². The minimum absolute atomic E-state index is 0.0396. The zero-order valence-electron chi connectivity index (χ0n) is 10.7. The molecule has 2 aromatic rings. The van der Waals surface area contributed by atoms with Crippen LogP contribution < -0.4 is 5.32 Å². The van der Waals surface area contributed by atoms with Gasteiger partial charge in [-0.25, -0.2) is 14.8 Å². The van der Waals surface area contributed by atoms with Gasteiger partial charge in [0.1, 0.15) is 5.82 Å². The Bertz CT molecular complexity index is 740. The van der Waals surface area contributed by atoms with E-state index < -0.39 is 5.97 Å². The lowest BCUT2D eigenvalue weighted by molar-refractivity contribution is -0.115. The molecule has 3 rings (SSSR count). The number of hydrogen-bond donors (Lipinski definition) is 2. The molecule has 0 aliphatic carbocycles. The van der Waals surface area contributed by atoms with Crippen LogP contribution in [-0.2, 0) is 11.2 Å². The molecule has 0 radical (unpaired) electrons. The highest BCUT2D eigenvalue weighted by molar-refractivity contribution is 5.99. The smallest absolute Gasteiger partial charge is 0.354 e. The van der Waals surface area contributed by atoms with E-state index in [4.69, 9.17) is 5.11 Å². The van der Waals surface area contributed by atoms with Gasteiger partial charge in [0.2, 0.25) is 5.91 Å². The van der Waals surface area contributed by atoms with Crippen LogP contribution in [0.1, 0.15) is 21.9 Å². The van der Waals surface area contributed by atoms with Gasteiger partial charge in [0.15, 0.2) is 5.69 Å². The molecule has 6 nitrogen and oxygen atoms in total. The number of nitrogens with zero attached hydrogens (tertiary/aromatic N) is 2. The zero-order valence-corrected chi connectivity index (χ0v) is 10.7. The highest BCUT2D eigenvalue weighted by Crippen LogP contribution is 2.28. The number of carbonyl (C=O) groups excluding carboxylic acids is 1. The second-order valence-electron chi connectivity index (χ2n) is 4.59. The van der Waals surface area contributed by atoms with E-state index in [1.165, 1.54) is 6.07 Å². The van der Waals surface area contributed by atoms with Crippen molar-refractivity contribution in [3.05, 3.63) is 41.3 Å². The minimum Gasteiger partial charge on any atom is -0.477 e. The Morgan fingerprint density at radius 2 is 2.10 bits per heavy atom. The van der Waals surface area contributed by atoms with Gasteiger partial charge in [-0.15, -0.1) is 0 Å². The standard InChI is InChI=1S/C14H11N3O3/c1-7-15-11(6-12(16-7)14(19)20)8-2-3-10-9(4-8)5-13(18)17-10/h2-4,6H,5H2,1H3,(H,17,18)(H,19,20). The summed E-state index contributed by atoms with van der Waals surface area (Å²) in [5.74, 6) is -0.730. The molecule has 1 aliphatic heterocycles. The van der Waals surface area contributed by atoms with Crippen LogP contribution in [-0.4, -0.2) is 27.0 Å². The van der Waals surface area contributed by atoms with E-state index in [1.807, 2.05) is 6.07 Å². The van der Waals surface area contributed by atoms with Crippen LogP contribution in [0.15, 0.2) is 24.3 Å². The van der Waals surface area contributed by atoms with Gasteiger partial charge in [-0.1, -0.05) is 6.07 Å². The van der Waals surface area contributed by atoms with E-state index in [0.29, 0.717) is 17.9 Å². The molecule has 1 aromatic heterocycles. The summed E-state index contributed by atoms with van der Waals surface area (Å²) in [7, 11) is 0. The molecule has 1 amide bonds. The summed E-state index contributed by atoms with van der Waals surface area (Å²) in [6.07, 6.45) is 0.332. The summed E-state index contributed by atoms with van der Waals surface area (Å²) in [5, 5.41) is 11.8. The van der Waals surface area contributed by atoms with E-state index in [9.17, 15) is 9.59 Å². The fourth-order valence-electron chi connectivity index (χ4n) is 2.21. The Labute approximate surface area is 114 Å². The number of amides is 1. The first kappa shape index (κ1) is 12.3. The fourth-order valence-corrected chi connectivity index (χ4v) is 2.21. The van der Waals surface area contributed by atoms with Crippen molar-refractivity contribution >= 4 is 17.6 Å². The number of carboxylic acid groups (broad SMARTS) is 1. The first-order valence-corrected chi connectivity index (χ1v) is 6.05. The number of aryl methyl sites for hydroxylation is 1. The van der Waals surface area contributed by atoms with Gasteiger partial charge in [0.05, 0.1) is 12.1 Å². The van der Waals surface area contributed by atoms with Gasteiger partial charge < -0.3 is 10.4 Å². The molecular formula is C14H11N3O3. The molecule has 1 aliphatic rings. The number of carbonyl (C=O) groups is 2. The molecule has 0 atom stereocenters. The first-order valence-electron chi connectivity index (χ1n) is 6.05. The number of fused-ring (bicyclic) bond motifs is 1. The highest BCUT2D eigenvalue weighted by atomic mass is 16.4. The number of rotatable bonds is 2. The average molecular weight is 269 g/mol. The Kier molecular flexibility index (Phi) is 2.71. The van der Waals surface area contributed by atoms with E-state index in [-0.39, 0.29) is 11.6 Å². The predicted octanol–water partition coefficient (Wildman–Crippen LogP) is 1.64. The summed E-state index contributed by atoms with van der Waals surface area (Å²) in [4.78, 5) is 30.5. The van der Waals surface area contributed by atoms with Crippen LogP contribution in [0, 0.1) is 6.92 Å². The summed E-state index contributed by atoms with van der Waals surface area (Å²) >= 11 is 0. The Morgan fingerprint density at radius 1 is 1.30 bits per heavy atom. The van der Waals surface area contributed by atoms with E-state index in [2.05, 4.69) is 15.3 Å². The van der Waals surface area contributed by atoms with Crippen LogP contribution in [0.3, 0.4) is 0 Å². The summed E-state index contributed by atoms with van der Waals surface area (Å²) in [5.41, 5.74) is 2.95. The SMILES string of the molecule is Cc1nc(C(=O)O)cc(-c2ccc3c(c2)CC(=O)N3)n1. The molecule has 6 heteroatoms. The van der Waals surface area contributed by atoms with Crippen molar-refractivity contribution in [3.8, 4) is 11.3 Å². The van der Waals surface area contributed by atoms with Crippen LogP contribution >= 0.6 is 0 Å². The topological polar surface area (TPSA) is 92.2 Å². The zero-order chi connectivity index (χ0) is 14.3. The number of benzene rings is 1. The van der Waals surface area contributed by atoms with Crippen LogP contribution in [0.2, 0.25) is 0 Å². The number of anilines is 1. The third-order valence-electron chi connectivity index (χ3n) is 3.08.